The first-order chi connectivity index (χ1) is 12.5. The minimum Gasteiger partial charge on any atom is -0.366 e. The first-order valence-corrected chi connectivity index (χ1v) is 8.87. The lowest BCUT2D eigenvalue weighted by molar-refractivity contribution is 0.100. The third kappa shape index (κ3) is 4.20. The number of halogens is 1. The number of primary amides is 1. The molecule has 9 heteroatoms. The summed E-state index contributed by atoms with van der Waals surface area (Å²) in [4.78, 5) is 28.7. The Labute approximate surface area is 157 Å². The van der Waals surface area contributed by atoms with Crippen molar-refractivity contribution in [2.24, 2.45) is 5.73 Å². The van der Waals surface area contributed by atoms with Crippen molar-refractivity contribution in [2.75, 3.05) is 36.9 Å². The third-order valence-corrected chi connectivity index (χ3v) is 4.57. The Hall–Kier alpha value is -2.45. The normalized spacial score (nSPS) is 17.3. The van der Waals surface area contributed by atoms with Gasteiger partial charge in [0.15, 0.2) is 0 Å². The molecule has 0 unspecified atom stereocenters. The highest BCUT2D eigenvalue weighted by molar-refractivity contribution is 6.28. The summed E-state index contributed by atoms with van der Waals surface area (Å²) in [6.45, 7) is 4.85. The largest absolute Gasteiger partial charge is 0.366 e. The number of amides is 1. The van der Waals surface area contributed by atoms with E-state index in [2.05, 4.69) is 44.0 Å². The molecule has 0 bridgehead atoms. The summed E-state index contributed by atoms with van der Waals surface area (Å²) in [5.74, 6) is 0.373. The molecule has 1 aliphatic rings. The maximum Gasteiger partial charge on any atom is 0.248 e. The summed E-state index contributed by atoms with van der Waals surface area (Å²) in [7, 11) is 2.10. The average molecular weight is 376 g/mol. The molecule has 138 valence electrons. The molecular weight excluding hydrogens is 354 g/mol. The summed E-state index contributed by atoms with van der Waals surface area (Å²) in [5.41, 5.74) is 6.38. The van der Waals surface area contributed by atoms with Gasteiger partial charge in [0.25, 0.3) is 0 Å². The number of anilines is 3. The van der Waals surface area contributed by atoms with Crippen LogP contribution < -0.4 is 16.0 Å². The van der Waals surface area contributed by atoms with E-state index in [1.54, 1.807) is 24.3 Å². The monoisotopic (exact) mass is 375 g/mol. The van der Waals surface area contributed by atoms with Gasteiger partial charge in [0, 0.05) is 30.4 Å². The van der Waals surface area contributed by atoms with Crippen LogP contribution in [0.1, 0.15) is 23.7 Å². The van der Waals surface area contributed by atoms with Crippen LogP contribution >= 0.6 is 11.6 Å². The Bertz CT molecular complexity index is 800. The quantitative estimate of drug-likeness (QED) is 0.795. The molecule has 1 amide bonds. The van der Waals surface area contributed by atoms with Gasteiger partial charge in [-0.1, -0.05) is 6.07 Å². The third-order valence-electron chi connectivity index (χ3n) is 4.40. The zero-order chi connectivity index (χ0) is 18.7. The number of hydrogen-bond donors (Lipinski definition) is 2. The summed E-state index contributed by atoms with van der Waals surface area (Å²) >= 11 is 6.12. The number of hydrogen-bond acceptors (Lipinski definition) is 7. The second-order valence-electron chi connectivity index (χ2n) is 6.29. The number of carbonyl (C=O) groups is 1. The van der Waals surface area contributed by atoms with Crippen LogP contribution in [0, 0.1) is 0 Å². The van der Waals surface area contributed by atoms with Gasteiger partial charge in [-0.15, -0.1) is 0 Å². The molecule has 0 saturated carbocycles. The van der Waals surface area contributed by atoms with Crippen molar-refractivity contribution in [3.05, 3.63) is 35.1 Å². The van der Waals surface area contributed by atoms with Crippen LogP contribution in [0.15, 0.2) is 24.3 Å². The van der Waals surface area contributed by atoms with Crippen molar-refractivity contribution < 1.29 is 4.79 Å². The zero-order valence-corrected chi connectivity index (χ0v) is 15.6. The van der Waals surface area contributed by atoms with Gasteiger partial charge < -0.3 is 20.9 Å². The van der Waals surface area contributed by atoms with Crippen molar-refractivity contribution in [3.63, 3.8) is 0 Å². The van der Waals surface area contributed by atoms with Crippen LogP contribution in [0.3, 0.4) is 0 Å². The molecule has 0 aliphatic carbocycles. The van der Waals surface area contributed by atoms with Gasteiger partial charge in [0.05, 0.1) is 0 Å². The lowest BCUT2D eigenvalue weighted by Crippen LogP contribution is -2.38. The second kappa shape index (κ2) is 7.84. The number of aromatic nitrogens is 3. The Morgan fingerprint density at radius 1 is 1.42 bits per heavy atom. The summed E-state index contributed by atoms with van der Waals surface area (Å²) in [6, 6.07) is 7.17. The smallest absolute Gasteiger partial charge is 0.248 e. The number of nitrogens with one attached hydrogen (secondary N) is 1. The van der Waals surface area contributed by atoms with Gasteiger partial charge in [-0.05, 0) is 56.7 Å². The van der Waals surface area contributed by atoms with Crippen LogP contribution in [0.5, 0.6) is 0 Å². The summed E-state index contributed by atoms with van der Waals surface area (Å²) in [5, 5.41) is 3.19. The van der Waals surface area contributed by atoms with Gasteiger partial charge >= 0.3 is 0 Å². The van der Waals surface area contributed by atoms with Gasteiger partial charge in [-0.25, -0.2) is 0 Å². The number of benzene rings is 1. The van der Waals surface area contributed by atoms with E-state index in [1.807, 2.05) is 0 Å². The zero-order valence-electron chi connectivity index (χ0n) is 14.8. The van der Waals surface area contributed by atoms with Gasteiger partial charge in [0.2, 0.25) is 23.1 Å². The molecule has 1 aliphatic heterocycles. The molecule has 0 radical (unpaired) electrons. The summed E-state index contributed by atoms with van der Waals surface area (Å²) in [6.07, 6.45) is 1.05. The fraction of sp³-hybridized carbons (Fsp3) is 0.412. The Balaban J connectivity index is 1.85. The predicted molar refractivity (Wildman–Crippen MR) is 102 cm³/mol. The molecule has 2 heterocycles. The molecule has 8 nitrogen and oxygen atoms in total. The molecule has 2 aromatic rings. The molecule has 1 fully saturated rings. The van der Waals surface area contributed by atoms with Crippen LogP contribution in [-0.2, 0) is 0 Å². The maximum atomic E-state index is 11.3. The molecule has 3 N–H and O–H groups in total. The van der Waals surface area contributed by atoms with Crippen LogP contribution in [0.4, 0.5) is 17.6 Å². The minimum absolute atomic E-state index is 0.119. The lowest BCUT2D eigenvalue weighted by Gasteiger charge is -2.27. The van der Waals surface area contributed by atoms with Gasteiger partial charge in [-0.3, -0.25) is 4.79 Å². The van der Waals surface area contributed by atoms with E-state index in [0.29, 0.717) is 29.2 Å². The van der Waals surface area contributed by atoms with Crippen molar-refractivity contribution >= 4 is 35.1 Å². The van der Waals surface area contributed by atoms with Crippen LogP contribution in [0.25, 0.3) is 0 Å². The molecule has 1 aromatic carbocycles. The van der Waals surface area contributed by atoms with E-state index in [-0.39, 0.29) is 5.28 Å². The van der Waals surface area contributed by atoms with Crippen LogP contribution in [0.2, 0.25) is 5.28 Å². The molecule has 3 rings (SSSR count). The van der Waals surface area contributed by atoms with E-state index >= 15 is 0 Å². The van der Waals surface area contributed by atoms with Crippen molar-refractivity contribution in [1.82, 2.24) is 19.9 Å². The number of rotatable bonds is 6. The number of nitrogens with two attached hydrogens (primary N) is 1. The van der Waals surface area contributed by atoms with Gasteiger partial charge in [0.1, 0.15) is 0 Å². The molecule has 1 aromatic heterocycles. The van der Waals surface area contributed by atoms with Crippen molar-refractivity contribution in [2.45, 2.75) is 19.4 Å². The van der Waals surface area contributed by atoms with Gasteiger partial charge in [-0.2, -0.15) is 15.0 Å². The SMILES string of the molecule is CCN(c1nc(Cl)nc(Nc2cccc(C(N)=O)c2)n1)[C@@H]1CCN(C)C1. The first kappa shape index (κ1) is 18.3. The molecular formula is C17H22ClN7O. The fourth-order valence-electron chi connectivity index (χ4n) is 3.13. The standard InChI is InChI=1S/C17H22ClN7O/c1-3-25(13-7-8-24(2)10-13)17-22-15(18)21-16(23-17)20-12-6-4-5-11(9-12)14(19)26/h4-6,9,13H,3,7-8,10H2,1-2H3,(H2,19,26)(H,20,21,22,23)/t13-/m1/s1. The fourth-order valence-corrected chi connectivity index (χ4v) is 3.29. The number of likely N-dealkylation sites (tertiary alicyclic amines) is 1. The number of carbonyl (C=O) groups excluding carboxylic acids is 1. The predicted octanol–water partition coefficient (Wildman–Crippen LogP) is 1.90. The van der Waals surface area contributed by atoms with E-state index < -0.39 is 5.91 Å². The highest BCUT2D eigenvalue weighted by Gasteiger charge is 2.27. The van der Waals surface area contributed by atoms with E-state index in [9.17, 15) is 4.79 Å². The van der Waals surface area contributed by atoms with E-state index in [4.69, 9.17) is 17.3 Å². The molecule has 1 saturated heterocycles. The van der Waals surface area contributed by atoms with Crippen molar-refractivity contribution in [1.29, 1.82) is 0 Å². The topological polar surface area (TPSA) is 100 Å². The second-order valence-corrected chi connectivity index (χ2v) is 6.63. The lowest BCUT2D eigenvalue weighted by atomic mass is 10.2. The highest BCUT2D eigenvalue weighted by atomic mass is 35.5. The molecule has 1 atom stereocenters. The Morgan fingerprint density at radius 3 is 2.88 bits per heavy atom. The summed E-state index contributed by atoms with van der Waals surface area (Å²) < 4.78 is 0. The number of nitrogens with zero attached hydrogens (tertiary/aromatic N) is 5. The van der Waals surface area contributed by atoms with E-state index in [1.165, 1.54) is 0 Å². The van der Waals surface area contributed by atoms with E-state index in [0.717, 1.165) is 26.1 Å². The number of likely N-dealkylation sites (N-methyl/N-ethyl adjacent to an activating group) is 2. The molecule has 0 spiro atoms. The average Bonchev–Trinajstić information content (AvgIpc) is 3.01. The first-order valence-electron chi connectivity index (χ1n) is 8.50. The minimum atomic E-state index is -0.495. The Kier molecular flexibility index (Phi) is 5.53. The van der Waals surface area contributed by atoms with Crippen molar-refractivity contribution in [3.8, 4) is 0 Å². The molecule has 26 heavy (non-hydrogen) atoms. The maximum absolute atomic E-state index is 11.3. The highest BCUT2D eigenvalue weighted by Crippen LogP contribution is 2.23. The Morgan fingerprint density at radius 2 is 2.23 bits per heavy atom. The van der Waals surface area contributed by atoms with Crippen LogP contribution in [-0.4, -0.2) is 58.5 Å².